The zero-order chi connectivity index (χ0) is 27.6. The fourth-order valence-electron chi connectivity index (χ4n) is 6.99. The predicted octanol–water partition coefficient (Wildman–Crippen LogP) is 6.59. The van der Waals surface area contributed by atoms with Gasteiger partial charge < -0.3 is 10.2 Å². The molecular weight excluding hydrogens is 520 g/mol. The normalized spacial score (nSPS) is 24.1. The molecule has 40 heavy (non-hydrogen) atoms. The van der Waals surface area contributed by atoms with Crippen molar-refractivity contribution in [3.05, 3.63) is 136 Å². The summed E-state index contributed by atoms with van der Waals surface area (Å²) in [5.41, 5.74) is 3.59. The third-order valence-corrected chi connectivity index (χ3v) is 8.96. The molecule has 3 heterocycles. The van der Waals surface area contributed by atoms with Gasteiger partial charge in [0, 0.05) is 28.1 Å². The van der Waals surface area contributed by atoms with Crippen molar-refractivity contribution in [1.82, 2.24) is 0 Å². The Bertz CT molecular complexity index is 1750. The van der Waals surface area contributed by atoms with E-state index in [9.17, 15) is 14.4 Å². The van der Waals surface area contributed by atoms with Gasteiger partial charge in [0.25, 0.3) is 0 Å². The number of fused-ring (bicyclic) bond motifs is 6. The lowest BCUT2D eigenvalue weighted by Crippen LogP contribution is -2.51. The summed E-state index contributed by atoms with van der Waals surface area (Å²) in [5, 5.41) is 3.37. The highest BCUT2D eigenvalue weighted by atomic mass is 35.5. The molecular formula is C34H25ClN2O3. The molecule has 3 aliphatic heterocycles. The Kier molecular flexibility index (Phi) is 5.55. The number of carbonyl (C=O) groups is 3. The smallest absolute Gasteiger partial charge is 0.238 e. The van der Waals surface area contributed by atoms with Crippen molar-refractivity contribution in [2.45, 2.75) is 24.4 Å². The summed E-state index contributed by atoms with van der Waals surface area (Å²) in [5.74, 6) is -1.85. The van der Waals surface area contributed by atoms with Gasteiger partial charge >= 0.3 is 0 Å². The van der Waals surface area contributed by atoms with Gasteiger partial charge in [0.15, 0.2) is 11.6 Å². The first-order chi connectivity index (χ1) is 19.4. The second kappa shape index (κ2) is 9.04. The van der Waals surface area contributed by atoms with Crippen molar-refractivity contribution in [3.8, 4) is 0 Å². The Labute approximate surface area is 237 Å². The van der Waals surface area contributed by atoms with E-state index >= 15 is 0 Å². The van der Waals surface area contributed by atoms with Crippen LogP contribution < -0.4 is 10.2 Å². The van der Waals surface area contributed by atoms with Crippen molar-refractivity contribution < 1.29 is 14.4 Å². The molecule has 4 aromatic rings. The maximum atomic E-state index is 14.7. The van der Waals surface area contributed by atoms with Crippen LogP contribution in [0.25, 0.3) is 5.57 Å². The Morgan fingerprint density at radius 1 is 0.825 bits per heavy atom. The van der Waals surface area contributed by atoms with Crippen LogP contribution in [0.4, 0.5) is 11.4 Å². The number of carbonyl (C=O) groups excluding carboxylic acids is 3. The number of allylic oxidation sites excluding steroid dienone is 1. The zero-order valence-electron chi connectivity index (χ0n) is 21.7. The van der Waals surface area contributed by atoms with Crippen molar-refractivity contribution in [2.75, 3.05) is 10.2 Å². The van der Waals surface area contributed by atoms with Crippen LogP contribution in [0.2, 0.25) is 5.02 Å². The fraction of sp³-hybridized carbons (Fsp3) is 0.147. The van der Waals surface area contributed by atoms with E-state index < -0.39 is 23.4 Å². The molecule has 0 radical (unpaired) electrons. The summed E-state index contributed by atoms with van der Waals surface area (Å²) < 4.78 is 0. The number of hydrogen-bond donors (Lipinski definition) is 1. The summed E-state index contributed by atoms with van der Waals surface area (Å²) >= 11 is 6.59. The third-order valence-electron chi connectivity index (χ3n) is 8.63. The minimum absolute atomic E-state index is 0.254. The van der Waals surface area contributed by atoms with Crippen LogP contribution >= 0.6 is 11.6 Å². The van der Waals surface area contributed by atoms with Crippen LogP contribution in [0.5, 0.6) is 0 Å². The number of hydrogen-bond acceptors (Lipinski definition) is 4. The minimum Gasteiger partial charge on any atom is -0.352 e. The number of amides is 1. The lowest BCUT2D eigenvalue weighted by atomic mass is 9.64. The molecule has 1 N–H and O–H groups in total. The third kappa shape index (κ3) is 3.24. The number of benzene rings is 4. The van der Waals surface area contributed by atoms with E-state index in [-0.39, 0.29) is 17.5 Å². The van der Waals surface area contributed by atoms with Gasteiger partial charge in [-0.05, 0) is 42.3 Å². The number of rotatable bonds is 4. The van der Waals surface area contributed by atoms with Gasteiger partial charge in [-0.1, -0.05) is 96.5 Å². The molecule has 5 nitrogen and oxygen atoms in total. The van der Waals surface area contributed by atoms with Gasteiger partial charge in [0.2, 0.25) is 5.91 Å². The van der Waals surface area contributed by atoms with Gasteiger partial charge in [0.05, 0.1) is 17.0 Å². The van der Waals surface area contributed by atoms with E-state index in [2.05, 4.69) is 11.4 Å². The molecule has 0 unspecified atom stereocenters. The van der Waals surface area contributed by atoms with Crippen molar-refractivity contribution in [1.29, 1.82) is 0 Å². The van der Waals surface area contributed by atoms with E-state index in [4.69, 9.17) is 11.6 Å². The Hall–Kier alpha value is -4.48. The summed E-state index contributed by atoms with van der Waals surface area (Å²) in [4.78, 5) is 45.8. The van der Waals surface area contributed by atoms with E-state index in [1.807, 2.05) is 66.4 Å². The average molecular weight is 545 g/mol. The van der Waals surface area contributed by atoms with Gasteiger partial charge in [0.1, 0.15) is 11.5 Å². The van der Waals surface area contributed by atoms with Crippen LogP contribution in [0.15, 0.2) is 109 Å². The average Bonchev–Trinajstić information content (AvgIpc) is 3.45. The molecule has 1 saturated heterocycles. The number of nitrogens with one attached hydrogen (secondary N) is 1. The number of nitrogens with zero attached hydrogens (tertiary/aromatic N) is 1. The van der Waals surface area contributed by atoms with E-state index in [0.717, 1.165) is 22.4 Å². The molecule has 1 amide bonds. The van der Waals surface area contributed by atoms with Gasteiger partial charge in [-0.2, -0.15) is 0 Å². The molecule has 4 aromatic carbocycles. The fourth-order valence-corrected chi connectivity index (χ4v) is 7.22. The number of Topliss-reactive ketones (excluding diaryl/α,β-unsaturated/α-hetero) is 2. The highest BCUT2D eigenvalue weighted by Gasteiger charge is 2.70. The van der Waals surface area contributed by atoms with Crippen molar-refractivity contribution in [3.63, 3.8) is 0 Å². The first-order valence-corrected chi connectivity index (χ1v) is 13.7. The highest BCUT2D eigenvalue weighted by molar-refractivity contribution is 6.34. The van der Waals surface area contributed by atoms with Gasteiger partial charge in [-0.25, -0.2) is 0 Å². The molecule has 1 spiro atoms. The van der Waals surface area contributed by atoms with Crippen molar-refractivity contribution in [2.24, 2.45) is 5.92 Å². The Morgan fingerprint density at radius 2 is 1.50 bits per heavy atom. The molecule has 0 aromatic heterocycles. The molecule has 3 aliphatic rings. The van der Waals surface area contributed by atoms with Gasteiger partial charge in [-0.15, -0.1) is 0 Å². The van der Waals surface area contributed by atoms with Gasteiger partial charge in [-0.3, -0.25) is 14.4 Å². The predicted molar refractivity (Wildman–Crippen MR) is 157 cm³/mol. The summed E-state index contributed by atoms with van der Waals surface area (Å²) in [6.45, 7) is 2.01. The monoisotopic (exact) mass is 544 g/mol. The molecule has 6 heteroatoms. The Morgan fingerprint density at radius 3 is 2.30 bits per heavy atom. The van der Waals surface area contributed by atoms with Crippen molar-refractivity contribution >= 4 is 46.0 Å². The lowest BCUT2D eigenvalue weighted by molar-refractivity contribution is -0.121. The summed E-state index contributed by atoms with van der Waals surface area (Å²) in [6.07, 6.45) is 2.05. The SMILES string of the molecule is CC1=C[C@H]2N(c3ccccc31)[C@@H](C(=O)c1ccccc1Cl)[C@@H](C(=O)c1ccccc1)[C@@]21C(=O)Nc2ccccc21. The standard InChI is InChI=1S/C34H25ClN2O3/c1-20-19-28-34(24-15-7-9-17-26(24)36-33(34)40)29(31(38)21-11-3-2-4-12-21)30(32(39)23-14-5-8-16-25(23)35)37(28)27-18-10-6-13-22(20)27/h2-19,28-30H,1H3,(H,36,40)/t28-,29+,30-,34+/m1/s1. The molecule has 7 rings (SSSR count). The lowest BCUT2D eigenvalue weighted by Gasteiger charge is -2.39. The minimum atomic E-state index is -1.35. The molecule has 196 valence electrons. The Balaban J connectivity index is 1.57. The van der Waals surface area contributed by atoms with Crippen LogP contribution in [0.3, 0.4) is 0 Å². The maximum Gasteiger partial charge on any atom is 0.238 e. The highest BCUT2D eigenvalue weighted by Crippen LogP contribution is 2.58. The second-order valence-corrected chi connectivity index (χ2v) is 11.0. The molecule has 0 saturated carbocycles. The first kappa shape index (κ1) is 24.6. The molecule has 0 bridgehead atoms. The van der Waals surface area contributed by atoms with Crippen LogP contribution in [-0.2, 0) is 10.2 Å². The second-order valence-electron chi connectivity index (χ2n) is 10.6. The maximum absolute atomic E-state index is 14.7. The zero-order valence-corrected chi connectivity index (χ0v) is 22.4. The summed E-state index contributed by atoms with van der Waals surface area (Å²) in [7, 11) is 0. The van der Waals surface area contributed by atoms with Crippen LogP contribution in [-0.4, -0.2) is 29.6 Å². The quantitative estimate of drug-likeness (QED) is 0.294. The van der Waals surface area contributed by atoms with E-state index in [1.54, 1.807) is 48.5 Å². The van der Waals surface area contributed by atoms with E-state index in [1.165, 1.54) is 0 Å². The summed E-state index contributed by atoms with van der Waals surface area (Å²) in [6, 6.07) is 29.6. The molecule has 0 aliphatic carbocycles. The number of para-hydroxylation sites is 2. The molecule has 1 fully saturated rings. The van der Waals surface area contributed by atoms with Crippen LogP contribution in [0.1, 0.15) is 38.8 Å². The number of halogens is 1. The van der Waals surface area contributed by atoms with E-state index in [0.29, 0.717) is 21.8 Å². The topological polar surface area (TPSA) is 66.5 Å². The largest absolute Gasteiger partial charge is 0.352 e. The first-order valence-electron chi connectivity index (χ1n) is 13.3. The number of ketones is 2. The number of anilines is 2. The molecule has 4 atom stereocenters. The van der Waals surface area contributed by atoms with Crippen LogP contribution in [0, 0.1) is 5.92 Å².